The Hall–Kier alpha value is -3.71. The molecule has 156 valence electrons. The summed E-state index contributed by atoms with van der Waals surface area (Å²) in [6.45, 7) is 0. The summed E-state index contributed by atoms with van der Waals surface area (Å²) < 4.78 is 18.8. The van der Waals surface area contributed by atoms with Gasteiger partial charge in [-0.3, -0.25) is 14.4 Å². The average Bonchev–Trinajstić information content (AvgIpc) is 3.31. The average molecular weight is 418 g/mol. The van der Waals surface area contributed by atoms with Crippen LogP contribution in [0.3, 0.4) is 0 Å². The fraction of sp³-hybridized carbons (Fsp3) is 0.167. The molecule has 0 spiro atoms. The molecule has 3 atom stereocenters. The molecular formula is C24H19FN2O4. The van der Waals surface area contributed by atoms with Gasteiger partial charge in [0.2, 0.25) is 5.91 Å². The number of ether oxygens (including phenoxy) is 1. The monoisotopic (exact) mass is 418 g/mol. The van der Waals surface area contributed by atoms with Gasteiger partial charge in [0.1, 0.15) is 17.5 Å². The number of carbonyl (C=O) groups is 2. The SMILES string of the molecule is COc1cccc(N2C(=O)[C@@H]3[C@H](ON(c4ccccc4)[C@H]3c3ccc(F)cc3)C2=O)c1. The topological polar surface area (TPSA) is 59.1 Å². The molecular weight excluding hydrogens is 399 g/mol. The first-order valence-electron chi connectivity index (χ1n) is 9.87. The van der Waals surface area contributed by atoms with Crippen molar-refractivity contribution in [1.29, 1.82) is 0 Å². The third-order valence-corrected chi connectivity index (χ3v) is 5.65. The maximum atomic E-state index is 13.6. The number of imide groups is 1. The number of hydroxylamine groups is 1. The number of rotatable bonds is 4. The summed E-state index contributed by atoms with van der Waals surface area (Å²) in [7, 11) is 1.52. The summed E-state index contributed by atoms with van der Waals surface area (Å²) in [5.74, 6) is -1.41. The maximum absolute atomic E-state index is 13.6. The van der Waals surface area contributed by atoms with E-state index in [0.717, 1.165) is 4.90 Å². The molecule has 0 saturated carbocycles. The molecule has 2 heterocycles. The van der Waals surface area contributed by atoms with Crippen molar-refractivity contribution < 1.29 is 23.6 Å². The smallest absolute Gasteiger partial charge is 0.266 e. The lowest BCUT2D eigenvalue weighted by atomic mass is 9.90. The first-order valence-corrected chi connectivity index (χ1v) is 9.87. The first kappa shape index (κ1) is 19.3. The van der Waals surface area contributed by atoms with Crippen LogP contribution in [0.15, 0.2) is 78.9 Å². The van der Waals surface area contributed by atoms with Gasteiger partial charge in [0.25, 0.3) is 5.91 Å². The second-order valence-electron chi connectivity index (χ2n) is 7.42. The summed E-state index contributed by atoms with van der Waals surface area (Å²) in [4.78, 5) is 34.0. The standard InChI is InChI=1S/C24H19FN2O4/c1-30-19-9-5-8-18(14-19)26-23(28)20-21(15-10-12-16(25)13-11-15)27(31-22(20)24(26)29)17-6-3-2-4-7-17/h2-14,20-22H,1H3/t20-,21-,22-/m0/s1. The van der Waals surface area contributed by atoms with Crippen LogP contribution in [0.5, 0.6) is 5.75 Å². The lowest BCUT2D eigenvalue weighted by Crippen LogP contribution is -2.37. The number of para-hydroxylation sites is 1. The van der Waals surface area contributed by atoms with Crippen LogP contribution < -0.4 is 14.7 Å². The van der Waals surface area contributed by atoms with Crippen molar-refractivity contribution in [3.63, 3.8) is 0 Å². The molecule has 0 radical (unpaired) electrons. The van der Waals surface area contributed by atoms with E-state index in [1.807, 2.05) is 30.3 Å². The van der Waals surface area contributed by atoms with E-state index in [1.165, 1.54) is 19.2 Å². The van der Waals surface area contributed by atoms with Crippen molar-refractivity contribution in [2.75, 3.05) is 17.1 Å². The molecule has 3 aromatic carbocycles. The van der Waals surface area contributed by atoms with E-state index < -0.39 is 24.0 Å². The van der Waals surface area contributed by atoms with Gasteiger partial charge in [-0.25, -0.2) is 14.4 Å². The van der Waals surface area contributed by atoms with Gasteiger partial charge in [-0.15, -0.1) is 0 Å². The Kier molecular flexibility index (Phi) is 4.67. The van der Waals surface area contributed by atoms with E-state index in [1.54, 1.807) is 41.5 Å². The van der Waals surface area contributed by atoms with Gasteiger partial charge in [-0.05, 0) is 42.0 Å². The molecule has 0 bridgehead atoms. The third-order valence-electron chi connectivity index (χ3n) is 5.65. The fourth-order valence-electron chi connectivity index (χ4n) is 4.22. The van der Waals surface area contributed by atoms with E-state index in [0.29, 0.717) is 22.7 Å². The van der Waals surface area contributed by atoms with Crippen LogP contribution in [-0.2, 0) is 14.4 Å². The molecule has 6 nitrogen and oxygen atoms in total. The van der Waals surface area contributed by atoms with Crippen molar-refractivity contribution in [3.05, 3.63) is 90.2 Å². The van der Waals surface area contributed by atoms with Gasteiger partial charge in [-0.1, -0.05) is 36.4 Å². The molecule has 0 aromatic heterocycles. The number of fused-ring (bicyclic) bond motifs is 1. The summed E-state index contributed by atoms with van der Waals surface area (Å²) in [6, 6.07) is 21.4. The van der Waals surface area contributed by atoms with E-state index in [-0.39, 0.29) is 11.7 Å². The molecule has 2 aliphatic rings. The van der Waals surface area contributed by atoms with Crippen LogP contribution in [0.2, 0.25) is 0 Å². The Morgan fingerprint density at radius 3 is 2.29 bits per heavy atom. The van der Waals surface area contributed by atoms with Crippen LogP contribution in [0.1, 0.15) is 11.6 Å². The Morgan fingerprint density at radius 2 is 1.58 bits per heavy atom. The summed E-state index contributed by atoms with van der Waals surface area (Å²) in [5, 5.41) is 1.58. The number of benzene rings is 3. The molecule has 0 N–H and O–H groups in total. The number of methoxy groups -OCH3 is 1. The van der Waals surface area contributed by atoms with Crippen LogP contribution >= 0.6 is 0 Å². The van der Waals surface area contributed by atoms with Gasteiger partial charge < -0.3 is 4.74 Å². The van der Waals surface area contributed by atoms with Gasteiger partial charge in [-0.2, -0.15) is 0 Å². The molecule has 7 heteroatoms. The van der Waals surface area contributed by atoms with Crippen LogP contribution in [-0.4, -0.2) is 25.0 Å². The zero-order valence-corrected chi connectivity index (χ0v) is 16.6. The number of hydrogen-bond donors (Lipinski definition) is 0. The minimum absolute atomic E-state index is 0.365. The van der Waals surface area contributed by atoms with Crippen molar-refractivity contribution in [1.82, 2.24) is 0 Å². The van der Waals surface area contributed by atoms with E-state index in [4.69, 9.17) is 9.57 Å². The van der Waals surface area contributed by atoms with Gasteiger partial charge in [0.15, 0.2) is 6.10 Å². The van der Waals surface area contributed by atoms with E-state index >= 15 is 0 Å². The molecule has 2 amide bonds. The fourth-order valence-corrected chi connectivity index (χ4v) is 4.22. The second kappa shape index (κ2) is 7.52. The predicted molar refractivity (Wildman–Crippen MR) is 112 cm³/mol. The molecule has 31 heavy (non-hydrogen) atoms. The van der Waals surface area contributed by atoms with Crippen LogP contribution in [0, 0.1) is 11.7 Å². The number of halogens is 1. The van der Waals surface area contributed by atoms with Crippen LogP contribution in [0.4, 0.5) is 15.8 Å². The summed E-state index contributed by atoms with van der Waals surface area (Å²) in [6.07, 6.45) is -0.978. The summed E-state index contributed by atoms with van der Waals surface area (Å²) >= 11 is 0. The molecule has 3 aromatic rings. The highest BCUT2D eigenvalue weighted by molar-refractivity contribution is 6.24. The van der Waals surface area contributed by atoms with Crippen molar-refractivity contribution in [3.8, 4) is 5.75 Å². The van der Waals surface area contributed by atoms with E-state index in [2.05, 4.69) is 0 Å². The molecule has 5 rings (SSSR count). The Balaban J connectivity index is 1.57. The minimum atomic E-state index is -0.978. The number of nitrogens with zero attached hydrogens (tertiary/aromatic N) is 2. The number of hydrogen-bond acceptors (Lipinski definition) is 5. The van der Waals surface area contributed by atoms with E-state index in [9.17, 15) is 14.0 Å². The quantitative estimate of drug-likeness (QED) is 0.602. The first-order chi connectivity index (χ1) is 15.1. The molecule has 2 aliphatic heterocycles. The van der Waals surface area contributed by atoms with Gasteiger partial charge in [0, 0.05) is 6.07 Å². The Morgan fingerprint density at radius 1 is 0.871 bits per heavy atom. The highest BCUT2D eigenvalue weighted by Crippen LogP contribution is 2.47. The lowest BCUT2D eigenvalue weighted by molar-refractivity contribution is -0.126. The number of anilines is 2. The molecule has 2 saturated heterocycles. The number of amides is 2. The predicted octanol–water partition coefficient (Wildman–Crippen LogP) is 3.89. The zero-order chi connectivity index (χ0) is 21.5. The lowest BCUT2D eigenvalue weighted by Gasteiger charge is -2.28. The van der Waals surface area contributed by atoms with Crippen molar-refractivity contribution in [2.24, 2.45) is 5.92 Å². The Bertz CT molecular complexity index is 1140. The summed E-state index contributed by atoms with van der Waals surface area (Å²) in [5.41, 5.74) is 1.82. The largest absolute Gasteiger partial charge is 0.497 e. The van der Waals surface area contributed by atoms with Crippen LogP contribution in [0.25, 0.3) is 0 Å². The Labute approximate surface area is 178 Å². The molecule has 0 unspecified atom stereocenters. The zero-order valence-electron chi connectivity index (χ0n) is 16.6. The number of carbonyl (C=O) groups excluding carboxylic acids is 2. The maximum Gasteiger partial charge on any atom is 0.266 e. The van der Waals surface area contributed by atoms with Gasteiger partial charge in [0.05, 0.1) is 24.5 Å². The third kappa shape index (κ3) is 3.14. The highest BCUT2D eigenvalue weighted by atomic mass is 19.1. The molecule has 2 fully saturated rings. The second-order valence-corrected chi connectivity index (χ2v) is 7.42. The van der Waals surface area contributed by atoms with Gasteiger partial charge >= 0.3 is 0 Å². The highest BCUT2D eigenvalue weighted by Gasteiger charge is 2.60. The normalized spacial score (nSPS) is 22.7. The van der Waals surface area contributed by atoms with Crippen molar-refractivity contribution >= 4 is 23.2 Å². The minimum Gasteiger partial charge on any atom is -0.497 e. The van der Waals surface area contributed by atoms with Crippen molar-refractivity contribution in [2.45, 2.75) is 12.1 Å². The molecule has 0 aliphatic carbocycles.